The van der Waals surface area contributed by atoms with Gasteiger partial charge in [0.05, 0.1) is 44.9 Å². The monoisotopic (exact) mass is 391 g/mol. The van der Waals surface area contributed by atoms with Gasteiger partial charge < -0.3 is 25.2 Å². The quantitative estimate of drug-likeness (QED) is 0.253. The molecule has 0 saturated heterocycles. The molecule has 0 aromatic heterocycles. The van der Waals surface area contributed by atoms with Gasteiger partial charge in [-0.25, -0.2) is 0 Å². The molecule has 1 aromatic rings. The van der Waals surface area contributed by atoms with Gasteiger partial charge >= 0.3 is 7.12 Å². The molecule has 0 aliphatic carbocycles. The lowest BCUT2D eigenvalue weighted by molar-refractivity contribution is 0.0370. The number of hydrogen-bond donors (Lipinski definition) is 4. The highest BCUT2D eigenvalue weighted by Crippen LogP contribution is 2.49. The summed E-state index contributed by atoms with van der Waals surface area (Å²) in [4.78, 5) is 0. The van der Waals surface area contributed by atoms with Crippen LogP contribution in [0.4, 0.5) is 0 Å². The minimum absolute atomic E-state index is 0.234. The summed E-state index contributed by atoms with van der Waals surface area (Å²) < 4.78 is 21.3. The number of aliphatic hydroxyl groups is 1. The summed E-state index contributed by atoms with van der Waals surface area (Å²) in [6.45, 7) is 1.68. The largest absolute Gasteiger partial charge is 0.488 e. The van der Waals surface area contributed by atoms with Crippen LogP contribution in [-0.2, 0) is 23.8 Å². The summed E-state index contributed by atoms with van der Waals surface area (Å²) in [6, 6.07) is 6.92. The number of hydrogen-bond acceptors (Lipinski definition) is 8. The van der Waals surface area contributed by atoms with Crippen LogP contribution in [0.3, 0.4) is 0 Å². The fraction of sp³-hybridized carbons (Fsp3) is 0.625. The van der Waals surface area contributed by atoms with Crippen LogP contribution in [0.25, 0.3) is 0 Å². The Morgan fingerprint density at radius 3 is 2.23 bits per heavy atom. The number of nitrogens with one attached hydrogen (secondary N) is 1. The van der Waals surface area contributed by atoms with E-state index in [0.717, 1.165) is 5.56 Å². The van der Waals surface area contributed by atoms with Gasteiger partial charge in [-0.3, -0.25) is 12.5 Å². The topological polar surface area (TPSA) is 110 Å². The summed E-state index contributed by atoms with van der Waals surface area (Å²) in [5.74, 6) is 0.601. The van der Waals surface area contributed by atoms with Crippen LogP contribution in [0.15, 0.2) is 24.3 Å². The van der Waals surface area contributed by atoms with E-state index in [4.69, 9.17) is 27.3 Å². The van der Waals surface area contributed by atoms with Crippen LogP contribution in [0.1, 0.15) is 12.0 Å². The molecule has 0 aliphatic rings. The van der Waals surface area contributed by atoms with Gasteiger partial charge in [0.15, 0.2) is 0 Å². The molecule has 26 heavy (non-hydrogen) atoms. The molecule has 0 saturated carbocycles. The predicted octanol–water partition coefficient (Wildman–Crippen LogP) is -0.288. The molecule has 0 radical (unpaired) electrons. The Morgan fingerprint density at radius 1 is 1.08 bits per heavy atom. The number of benzene rings is 1. The van der Waals surface area contributed by atoms with Gasteiger partial charge in [-0.1, -0.05) is 24.3 Å². The molecule has 0 amide bonds. The van der Waals surface area contributed by atoms with Gasteiger partial charge in [0.25, 0.3) is 0 Å². The van der Waals surface area contributed by atoms with E-state index in [1.54, 1.807) is 45.6 Å². The number of aliphatic hydroxyl groups excluding tert-OH is 1. The van der Waals surface area contributed by atoms with Crippen molar-refractivity contribution < 1.29 is 32.4 Å². The summed E-state index contributed by atoms with van der Waals surface area (Å²) in [5.41, 5.74) is 1.43. The standard InChI is InChI=1S/C16H30BNO7S/c1-22-26(23-2,24-3)10-4-9-25-13-16(19)12-18-11-14-5-7-15(8-6-14)17(20)21/h5-8,16,18-21H,4,9-13H2,1-3H3. The minimum atomic E-state index is -1.95. The smallest absolute Gasteiger partial charge is 0.423 e. The molecule has 4 N–H and O–H groups in total. The van der Waals surface area contributed by atoms with Gasteiger partial charge in [0.2, 0.25) is 0 Å². The third-order valence-electron chi connectivity index (χ3n) is 3.74. The molecule has 0 fully saturated rings. The molecule has 10 heteroatoms. The second-order valence-electron chi connectivity index (χ2n) is 5.59. The molecule has 1 atom stereocenters. The Labute approximate surface area is 157 Å². The van der Waals surface area contributed by atoms with E-state index in [-0.39, 0.29) is 6.61 Å². The van der Waals surface area contributed by atoms with Crippen LogP contribution >= 0.6 is 10.9 Å². The van der Waals surface area contributed by atoms with Gasteiger partial charge in [0.1, 0.15) is 0 Å². The maximum atomic E-state index is 9.92. The fourth-order valence-electron chi connectivity index (χ4n) is 2.26. The van der Waals surface area contributed by atoms with Crippen molar-refractivity contribution in [1.82, 2.24) is 5.32 Å². The average molecular weight is 391 g/mol. The molecule has 1 unspecified atom stereocenters. The second kappa shape index (κ2) is 12.7. The van der Waals surface area contributed by atoms with E-state index in [1.807, 2.05) is 0 Å². The molecular weight excluding hydrogens is 361 g/mol. The van der Waals surface area contributed by atoms with Crippen molar-refractivity contribution >= 4 is 23.5 Å². The van der Waals surface area contributed by atoms with Gasteiger partial charge in [-0.05, 0) is 17.4 Å². The fourth-order valence-corrected chi connectivity index (χ4v) is 3.64. The van der Waals surface area contributed by atoms with Crippen molar-refractivity contribution in [3.63, 3.8) is 0 Å². The van der Waals surface area contributed by atoms with Crippen molar-refractivity contribution in [3.8, 4) is 0 Å². The molecular formula is C16H30BNO7S. The molecule has 0 heterocycles. The van der Waals surface area contributed by atoms with Gasteiger partial charge in [-0.15, -0.1) is 0 Å². The maximum absolute atomic E-state index is 9.92. The van der Waals surface area contributed by atoms with Crippen LogP contribution in [0, 0.1) is 0 Å². The first-order valence-electron chi connectivity index (χ1n) is 8.35. The third-order valence-corrected chi connectivity index (χ3v) is 6.05. The van der Waals surface area contributed by atoms with Crippen molar-refractivity contribution in [2.45, 2.75) is 19.1 Å². The third kappa shape index (κ3) is 8.34. The first-order valence-corrected chi connectivity index (χ1v) is 9.93. The first-order chi connectivity index (χ1) is 12.5. The van der Waals surface area contributed by atoms with Crippen LogP contribution in [0.5, 0.6) is 0 Å². The molecule has 0 aliphatic heterocycles. The normalized spacial score (nSPS) is 13.6. The van der Waals surface area contributed by atoms with E-state index in [1.165, 1.54) is 0 Å². The highest BCUT2D eigenvalue weighted by Gasteiger charge is 2.22. The summed E-state index contributed by atoms with van der Waals surface area (Å²) in [5, 5.41) is 31.1. The Morgan fingerprint density at radius 2 is 1.69 bits per heavy atom. The number of rotatable bonds is 14. The van der Waals surface area contributed by atoms with E-state index in [2.05, 4.69) is 5.32 Å². The Balaban J connectivity index is 2.14. The Hall–Kier alpha value is -0.685. The molecule has 1 aromatic carbocycles. The zero-order valence-electron chi connectivity index (χ0n) is 15.6. The lowest BCUT2D eigenvalue weighted by Crippen LogP contribution is -2.31. The minimum Gasteiger partial charge on any atom is -0.423 e. The van der Waals surface area contributed by atoms with E-state index < -0.39 is 24.1 Å². The van der Waals surface area contributed by atoms with E-state index >= 15 is 0 Å². The Bertz CT molecular complexity index is 480. The van der Waals surface area contributed by atoms with Gasteiger partial charge in [0, 0.05) is 25.4 Å². The SMILES string of the molecule is COS(CCCOCC(O)CNCc1ccc(B(O)O)cc1)(OC)OC. The van der Waals surface area contributed by atoms with Crippen molar-refractivity contribution in [2.75, 3.05) is 46.8 Å². The lowest BCUT2D eigenvalue weighted by Gasteiger charge is -2.33. The maximum Gasteiger partial charge on any atom is 0.488 e. The van der Waals surface area contributed by atoms with Crippen LogP contribution < -0.4 is 10.8 Å². The second-order valence-corrected chi connectivity index (χ2v) is 8.11. The summed E-state index contributed by atoms with van der Waals surface area (Å²) in [6.07, 6.45) is 0.0894. The van der Waals surface area contributed by atoms with E-state index in [9.17, 15) is 5.11 Å². The Kier molecular flexibility index (Phi) is 11.4. The molecule has 150 valence electrons. The van der Waals surface area contributed by atoms with Crippen molar-refractivity contribution in [1.29, 1.82) is 0 Å². The average Bonchev–Trinajstić information content (AvgIpc) is 2.65. The zero-order valence-corrected chi connectivity index (χ0v) is 16.4. The summed E-state index contributed by atoms with van der Waals surface area (Å²) in [7, 11) is 1.25. The predicted molar refractivity (Wildman–Crippen MR) is 103 cm³/mol. The van der Waals surface area contributed by atoms with Crippen molar-refractivity contribution in [3.05, 3.63) is 29.8 Å². The molecule has 0 spiro atoms. The molecule has 8 nitrogen and oxygen atoms in total. The first kappa shape index (κ1) is 23.4. The van der Waals surface area contributed by atoms with Gasteiger partial charge in [-0.2, -0.15) is 0 Å². The van der Waals surface area contributed by atoms with Crippen LogP contribution in [-0.4, -0.2) is 75.2 Å². The highest BCUT2D eigenvalue weighted by molar-refractivity contribution is 8.21. The molecule has 1 rings (SSSR count). The van der Waals surface area contributed by atoms with Crippen molar-refractivity contribution in [2.24, 2.45) is 0 Å². The number of ether oxygens (including phenoxy) is 1. The zero-order chi connectivity index (χ0) is 19.4. The van der Waals surface area contributed by atoms with Crippen LogP contribution in [0.2, 0.25) is 0 Å². The molecule has 0 bridgehead atoms. The summed E-state index contributed by atoms with van der Waals surface area (Å²) >= 11 is 0. The highest BCUT2D eigenvalue weighted by atomic mass is 32.3. The lowest BCUT2D eigenvalue weighted by atomic mass is 9.80. The van der Waals surface area contributed by atoms with E-state index in [0.29, 0.717) is 37.3 Å².